The van der Waals surface area contributed by atoms with Crippen molar-refractivity contribution in [3.8, 4) is 11.4 Å². The number of tetrazole rings is 1. The van der Waals surface area contributed by atoms with Gasteiger partial charge in [-0.3, -0.25) is 4.79 Å². The number of nitrogens with zero attached hydrogens (tertiary/aromatic N) is 5. The molecule has 18 heteroatoms. The Labute approximate surface area is 195 Å². The fourth-order valence-electron chi connectivity index (χ4n) is 3.47. The van der Waals surface area contributed by atoms with Gasteiger partial charge in [0.2, 0.25) is 31.8 Å². The molecule has 0 spiro atoms. The number of sulfonamides is 2. The van der Waals surface area contributed by atoms with Crippen LogP contribution in [0.4, 0.5) is 5.69 Å². The predicted octanol–water partition coefficient (Wildman–Crippen LogP) is -4.28. The first-order chi connectivity index (χ1) is 16.0. The van der Waals surface area contributed by atoms with E-state index in [4.69, 9.17) is 16.6 Å². The van der Waals surface area contributed by atoms with Crippen LogP contribution in [0.3, 0.4) is 0 Å². The number of amides is 1. The van der Waals surface area contributed by atoms with Gasteiger partial charge in [-0.2, -0.15) is 5.21 Å². The molecule has 3 rings (SSSR count). The summed E-state index contributed by atoms with van der Waals surface area (Å²) in [6.07, 6.45) is -1.19. The molecule has 1 aliphatic heterocycles. The summed E-state index contributed by atoms with van der Waals surface area (Å²) in [5, 5.41) is 28.3. The molecule has 34 heavy (non-hydrogen) atoms. The van der Waals surface area contributed by atoms with Gasteiger partial charge in [0.15, 0.2) is 0 Å². The molecule has 1 atom stereocenters. The maximum Gasteiger partial charge on any atom is 0.242 e. The number of hydrogen-bond donors (Lipinski definition) is 6. The summed E-state index contributed by atoms with van der Waals surface area (Å²) in [4.78, 5) is 14.2. The Morgan fingerprint density at radius 2 is 1.94 bits per heavy atom. The number of benzene rings is 1. The molecule has 16 nitrogen and oxygen atoms in total. The van der Waals surface area contributed by atoms with E-state index in [1.807, 2.05) is 0 Å². The van der Waals surface area contributed by atoms with Gasteiger partial charge in [-0.15, -0.1) is 10.2 Å². The lowest BCUT2D eigenvalue weighted by atomic mass is 10.1. The molecule has 0 saturated carbocycles. The van der Waals surface area contributed by atoms with Crippen molar-refractivity contribution >= 4 is 31.6 Å². The van der Waals surface area contributed by atoms with Crippen molar-refractivity contribution < 1.29 is 26.7 Å². The summed E-state index contributed by atoms with van der Waals surface area (Å²) < 4.78 is 53.4. The highest BCUT2D eigenvalue weighted by molar-refractivity contribution is 7.92. The van der Waals surface area contributed by atoms with E-state index in [1.165, 1.54) is 6.07 Å². The van der Waals surface area contributed by atoms with Crippen LogP contribution in [-0.2, 0) is 24.8 Å². The summed E-state index contributed by atoms with van der Waals surface area (Å²) in [6, 6.07) is 2.38. The highest BCUT2D eigenvalue weighted by atomic mass is 32.2. The van der Waals surface area contributed by atoms with Crippen LogP contribution in [0.15, 0.2) is 21.9 Å². The van der Waals surface area contributed by atoms with Gasteiger partial charge in [-0.05, 0) is 17.3 Å². The molecular formula is C16H26N10O6S2. The topological polar surface area (TPSA) is 257 Å². The number of aromatic nitrogens is 4. The quantitative estimate of drug-likeness (QED) is 0.175. The fourth-order valence-corrected chi connectivity index (χ4v) is 6.14. The van der Waals surface area contributed by atoms with E-state index in [0.29, 0.717) is 19.6 Å². The van der Waals surface area contributed by atoms with Crippen molar-refractivity contribution in [1.29, 1.82) is 0 Å². The molecule has 0 aliphatic carbocycles. The summed E-state index contributed by atoms with van der Waals surface area (Å²) in [7, 11) is -9.16. The average Bonchev–Trinajstić information content (AvgIpc) is 3.32. The monoisotopic (exact) mass is 518 g/mol. The molecule has 0 bridgehead atoms. The van der Waals surface area contributed by atoms with Crippen LogP contribution in [0.25, 0.3) is 11.4 Å². The normalized spacial score (nSPS) is 16.2. The Kier molecular flexibility index (Phi) is 7.81. The number of rotatable bonds is 10. The van der Waals surface area contributed by atoms with Crippen LogP contribution in [-0.4, -0.2) is 105 Å². The van der Waals surface area contributed by atoms with Crippen LogP contribution >= 0.6 is 0 Å². The average molecular weight is 519 g/mol. The van der Waals surface area contributed by atoms with Crippen LogP contribution in [0.1, 0.15) is 0 Å². The number of H-pyrrole nitrogens is 1. The summed E-state index contributed by atoms with van der Waals surface area (Å²) >= 11 is 0. The largest absolute Gasteiger partial charge is 0.390 e. The Morgan fingerprint density at radius 3 is 2.50 bits per heavy atom. The number of primary sulfonamides is 1. The zero-order valence-electron chi connectivity index (χ0n) is 18.0. The lowest BCUT2D eigenvalue weighted by molar-refractivity contribution is -0.130. The molecular weight excluding hydrogens is 492 g/mol. The van der Waals surface area contributed by atoms with Gasteiger partial charge in [-0.1, -0.05) is 0 Å². The first-order valence-corrected chi connectivity index (χ1v) is 13.1. The van der Waals surface area contributed by atoms with Crippen LogP contribution in [0.2, 0.25) is 0 Å². The zero-order chi connectivity index (χ0) is 25.1. The maximum absolute atomic E-state index is 13.0. The molecule has 188 valence electrons. The molecule has 9 N–H and O–H groups in total. The van der Waals surface area contributed by atoms with Crippen LogP contribution < -0.4 is 26.2 Å². The minimum atomic E-state index is -4.68. The van der Waals surface area contributed by atoms with Gasteiger partial charge < -0.3 is 26.4 Å². The molecule has 1 saturated heterocycles. The zero-order valence-corrected chi connectivity index (χ0v) is 19.6. The van der Waals surface area contributed by atoms with Crippen molar-refractivity contribution in [2.45, 2.75) is 15.9 Å². The maximum atomic E-state index is 13.0. The number of carbonyl (C=O) groups excluding carboxylic acids is 1. The molecule has 1 aromatic carbocycles. The molecule has 2 heterocycles. The minimum Gasteiger partial charge on any atom is -0.390 e. The number of aliphatic hydroxyl groups is 1. The third kappa shape index (κ3) is 5.49. The van der Waals surface area contributed by atoms with E-state index < -0.39 is 42.5 Å². The molecule has 1 aromatic heterocycles. The Bertz CT molecular complexity index is 1240. The lowest BCUT2D eigenvalue weighted by Gasteiger charge is -2.36. The van der Waals surface area contributed by atoms with Gasteiger partial charge in [-0.25, -0.2) is 26.7 Å². The van der Waals surface area contributed by atoms with E-state index in [2.05, 4.69) is 25.3 Å². The second-order valence-corrected chi connectivity index (χ2v) is 10.6. The molecule has 1 aliphatic rings. The highest BCUT2D eigenvalue weighted by Crippen LogP contribution is 2.38. The van der Waals surface area contributed by atoms with Gasteiger partial charge in [0.1, 0.15) is 9.79 Å². The van der Waals surface area contributed by atoms with Crippen molar-refractivity contribution in [3.63, 3.8) is 0 Å². The van der Waals surface area contributed by atoms with E-state index in [1.54, 1.807) is 9.80 Å². The SMILES string of the molecule is NCCN1CCN(c2ccc(S(=O)(=O)NC[C@H](O)CN)c(S(N)(=O)=O)c2-c2nn[nH]n2)CC1=O. The first kappa shape index (κ1) is 25.9. The Balaban J connectivity index is 2.18. The third-order valence-electron chi connectivity index (χ3n) is 5.08. The van der Waals surface area contributed by atoms with Gasteiger partial charge >= 0.3 is 0 Å². The number of anilines is 1. The van der Waals surface area contributed by atoms with Crippen molar-refractivity contribution in [2.75, 3.05) is 50.7 Å². The number of hydrogen-bond acceptors (Lipinski definition) is 12. The first-order valence-electron chi connectivity index (χ1n) is 10.0. The van der Waals surface area contributed by atoms with E-state index >= 15 is 0 Å². The number of aromatic amines is 1. The second kappa shape index (κ2) is 10.3. The predicted molar refractivity (Wildman–Crippen MR) is 119 cm³/mol. The number of carbonyl (C=O) groups is 1. The number of nitrogens with one attached hydrogen (secondary N) is 2. The van der Waals surface area contributed by atoms with E-state index in [-0.39, 0.29) is 42.6 Å². The second-order valence-electron chi connectivity index (χ2n) is 7.40. The lowest BCUT2D eigenvalue weighted by Crippen LogP contribution is -2.51. The Morgan fingerprint density at radius 1 is 1.21 bits per heavy atom. The highest BCUT2D eigenvalue weighted by Gasteiger charge is 2.34. The number of nitrogens with two attached hydrogens (primary N) is 3. The molecule has 0 radical (unpaired) electrons. The summed E-state index contributed by atoms with van der Waals surface area (Å²) in [6.45, 7) is 0.459. The van der Waals surface area contributed by atoms with E-state index in [9.17, 15) is 26.7 Å². The fraction of sp³-hybridized carbons (Fsp3) is 0.500. The molecule has 2 aromatic rings. The third-order valence-corrected chi connectivity index (χ3v) is 7.67. The molecule has 1 amide bonds. The Hall–Kier alpha value is -2.74. The standard InChI is InChI=1S/C16H26N10O6S2/c17-3-4-25-5-6-26(9-13(25)28)11-1-2-12(34(31,32)20-8-10(27)7-18)15(33(19,29)30)14(11)16-21-23-24-22-16/h1-2,10,20,27H,3-9,17-18H2,(H2,19,29,30)(H,21,22,23,24)/t10-/m1/s1. The van der Waals surface area contributed by atoms with Crippen LogP contribution in [0, 0.1) is 0 Å². The summed E-state index contributed by atoms with van der Waals surface area (Å²) in [5.74, 6) is -0.489. The van der Waals surface area contributed by atoms with Gasteiger partial charge in [0.05, 0.1) is 18.2 Å². The van der Waals surface area contributed by atoms with Crippen molar-refractivity contribution in [2.24, 2.45) is 16.6 Å². The minimum absolute atomic E-state index is 0.123. The molecule has 1 fully saturated rings. The number of piperazine rings is 1. The van der Waals surface area contributed by atoms with Gasteiger partial charge in [0, 0.05) is 45.0 Å². The summed E-state index contributed by atoms with van der Waals surface area (Å²) in [5.41, 5.74) is 10.8. The van der Waals surface area contributed by atoms with Crippen molar-refractivity contribution in [3.05, 3.63) is 12.1 Å². The van der Waals surface area contributed by atoms with E-state index in [0.717, 1.165) is 6.07 Å². The molecule has 0 unspecified atom stereocenters. The van der Waals surface area contributed by atoms with Crippen LogP contribution in [0.5, 0.6) is 0 Å². The van der Waals surface area contributed by atoms with Gasteiger partial charge in [0.25, 0.3) is 0 Å². The number of aliphatic hydroxyl groups excluding tert-OH is 1. The van der Waals surface area contributed by atoms with Crippen molar-refractivity contribution in [1.82, 2.24) is 30.2 Å². The smallest absolute Gasteiger partial charge is 0.242 e.